The highest BCUT2D eigenvalue weighted by Gasteiger charge is 2.12. The number of benzene rings is 1. The fourth-order valence-electron chi connectivity index (χ4n) is 1.60. The van der Waals surface area contributed by atoms with Crippen molar-refractivity contribution in [2.45, 2.75) is 13.2 Å². The first kappa shape index (κ1) is 13.7. The Morgan fingerprint density at radius 2 is 2.00 bits per heavy atom. The number of hydrogen-bond acceptors (Lipinski definition) is 4. The van der Waals surface area contributed by atoms with E-state index in [0.29, 0.717) is 10.4 Å². The highest BCUT2D eigenvalue weighted by molar-refractivity contribution is 7.12. The fraction of sp³-hybridized carbons (Fsp3) is 0.154. The minimum absolute atomic E-state index is 0.159. The molecule has 6 heteroatoms. The van der Waals surface area contributed by atoms with Crippen molar-refractivity contribution in [2.75, 3.05) is 0 Å². The van der Waals surface area contributed by atoms with Gasteiger partial charge in [-0.2, -0.15) is 0 Å². The van der Waals surface area contributed by atoms with Gasteiger partial charge in [0.05, 0.1) is 18.1 Å². The van der Waals surface area contributed by atoms with Crippen molar-refractivity contribution in [1.82, 2.24) is 5.43 Å². The van der Waals surface area contributed by atoms with Crippen molar-refractivity contribution in [3.05, 3.63) is 57.5 Å². The third-order valence-electron chi connectivity index (χ3n) is 2.56. The Morgan fingerprint density at radius 3 is 2.74 bits per heavy atom. The van der Waals surface area contributed by atoms with E-state index in [4.69, 9.17) is 10.6 Å². The molecule has 100 valence electrons. The van der Waals surface area contributed by atoms with Crippen LogP contribution in [0.25, 0.3) is 0 Å². The second-order valence-electron chi connectivity index (χ2n) is 3.83. The van der Waals surface area contributed by atoms with E-state index < -0.39 is 0 Å². The molecular formula is C13H13FN2O2S. The Morgan fingerprint density at radius 1 is 1.26 bits per heavy atom. The Hall–Kier alpha value is -1.76. The average Bonchev–Trinajstić information content (AvgIpc) is 2.88. The molecule has 0 atom stereocenters. The maximum absolute atomic E-state index is 13.4. The number of nitrogens with one attached hydrogen (secondary N) is 1. The summed E-state index contributed by atoms with van der Waals surface area (Å²) in [4.78, 5) is 12.0. The van der Waals surface area contributed by atoms with Gasteiger partial charge in [0.2, 0.25) is 0 Å². The Kier molecular flexibility index (Phi) is 4.62. The molecule has 1 amide bonds. The summed E-state index contributed by atoms with van der Waals surface area (Å²) < 4.78 is 18.8. The molecule has 0 saturated heterocycles. The zero-order valence-corrected chi connectivity index (χ0v) is 10.9. The van der Waals surface area contributed by atoms with Crippen molar-refractivity contribution in [2.24, 2.45) is 5.84 Å². The molecular weight excluding hydrogens is 267 g/mol. The van der Waals surface area contributed by atoms with Crippen molar-refractivity contribution in [3.8, 4) is 0 Å². The highest BCUT2D eigenvalue weighted by Crippen LogP contribution is 2.18. The van der Waals surface area contributed by atoms with Crippen LogP contribution in [0.1, 0.15) is 20.8 Å². The van der Waals surface area contributed by atoms with E-state index in [2.05, 4.69) is 5.43 Å². The lowest BCUT2D eigenvalue weighted by atomic mass is 10.2. The number of carbonyl (C=O) groups excluding carboxylic acids is 1. The predicted molar refractivity (Wildman–Crippen MR) is 70.9 cm³/mol. The molecule has 0 bridgehead atoms. The number of carbonyl (C=O) groups is 1. The van der Waals surface area contributed by atoms with Crippen LogP contribution in [0.2, 0.25) is 0 Å². The van der Waals surface area contributed by atoms with Crippen molar-refractivity contribution >= 4 is 17.2 Å². The van der Waals surface area contributed by atoms with Gasteiger partial charge in [-0.05, 0) is 17.5 Å². The van der Waals surface area contributed by atoms with Crippen LogP contribution in [-0.4, -0.2) is 5.91 Å². The molecule has 0 fully saturated rings. The number of nitrogen functional groups attached to an aromatic ring is 1. The summed E-state index contributed by atoms with van der Waals surface area (Å²) in [6, 6.07) is 8.21. The second-order valence-corrected chi connectivity index (χ2v) is 4.75. The second kappa shape index (κ2) is 6.42. The van der Waals surface area contributed by atoms with Crippen molar-refractivity contribution in [1.29, 1.82) is 0 Å². The SMILES string of the molecule is NNC(=O)c1sccc1COCc1ccccc1F. The first-order chi connectivity index (χ1) is 9.22. The molecule has 0 aliphatic heterocycles. The third kappa shape index (κ3) is 3.37. The molecule has 0 aliphatic carbocycles. The Labute approximate surface area is 114 Å². The van der Waals surface area contributed by atoms with Gasteiger partial charge in [-0.15, -0.1) is 11.3 Å². The summed E-state index contributed by atoms with van der Waals surface area (Å²) in [5.41, 5.74) is 3.31. The van der Waals surface area contributed by atoms with Crippen LogP contribution in [0.15, 0.2) is 35.7 Å². The lowest BCUT2D eigenvalue weighted by Gasteiger charge is -2.06. The van der Waals surface area contributed by atoms with Crippen LogP contribution in [0, 0.1) is 5.82 Å². The molecule has 0 radical (unpaired) electrons. The van der Waals surface area contributed by atoms with E-state index in [1.54, 1.807) is 29.6 Å². The molecule has 0 spiro atoms. The minimum atomic E-state index is -0.348. The van der Waals surface area contributed by atoms with Gasteiger partial charge in [0.15, 0.2) is 0 Å². The standard InChI is InChI=1S/C13H13FN2O2S/c14-11-4-2-1-3-9(11)7-18-8-10-5-6-19-12(10)13(17)16-15/h1-6H,7-8,15H2,(H,16,17). The summed E-state index contributed by atoms with van der Waals surface area (Å²) in [5, 5.41) is 1.78. The van der Waals surface area contributed by atoms with Gasteiger partial charge in [-0.3, -0.25) is 10.2 Å². The fourth-order valence-corrected chi connectivity index (χ4v) is 2.41. The summed E-state index contributed by atoms with van der Waals surface area (Å²) >= 11 is 1.29. The maximum Gasteiger partial charge on any atom is 0.275 e. The first-order valence-electron chi connectivity index (χ1n) is 5.61. The van der Waals surface area contributed by atoms with Crippen LogP contribution in [0.5, 0.6) is 0 Å². The number of halogens is 1. The lowest BCUT2D eigenvalue weighted by Crippen LogP contribution is -2.30. The number of ether oxygens (including phenoxy) is 1. The number of hydrogen-bond donors (Lipinski definition) is 2. The Bertz CT molecular complexity index is 571. The number of hydrazine groups is 1. The van der Waals surface area contributed by atoms with Gasteiger partial charge in [-0.25, -0.2) is 10.2 Å². The molecule has 0 unspecified atom stereocenters. The third-order valence-corrected chi connectivity index (χ3v) is 3.51. The largest absolute Gasteiger partial charge is 0.372 e. The van der Waals surface area contributed by atoms with E-state index in [-0.39, 0.29) is 24.9 Å². The van der Waals surface area contributed by atoms with Crippen molar-refractivity contribution < 1.29 is 13.9 Å². The molecule has 3 N–H and O–H groups in total. The monoisotopic (exact) mass is 280 g/mol. The number of thiophene rings is 1. The summed E-state index contributed by atoms with van der Waals surface area (Å²) in [5.74, 6) is 4.44. The van der Waals surface area contributed by atoms with Gasteiger partial charge >= 0.3 is 0 Å². The summed E-state index contributed by atoms with van der Waals surface area (Å²) in [6.07, 6.45) is 0. The number of nitrogens with two attached hydrogens (primary N) is 1. The van der Waals surface area contributed by atoms with E-state index >= 15 is 0 Å². The van der Waals surface area contributed by atoms with Crippen LogP contribution < -0.4 is 11.3 Å². The summed E-state index contributed by atoms with van der Waals surface area (Å²) in [6.45, 7) is 0.396. The Balaban J connectivity index is 1.95. The lowest BCUT2D eigenvalue weighted by molar-refractivity contribution is 0.0930. The smallest absolute Gasteiger partial charge is 0.275 e. The number of rotatable bonds is 5. The molecule has 1 aromatic heterocycles. The zero-order valence-electron chi connectivity index (χ0n) is 10.1. The van der Waals surface area contributed by atoms with E-state index in [1.807, 2.05) is 0 Å². The van der Waals surface area contributed by atoms with Gasteiger partial charge < -0.3 is 4.74 Å². The maximum atomic E-state index is 13.4. The van der Waals surface area contributed by atoms with Crippen LogP contribution in [-0.2, 0) is 18.0 Å². The van der Waals surface area contributed by atoms with Gasteiger partial charge in [-0.1, -0.05) is 18.2 Å². The minimum Gasteiger partial charge on any atom is -0.372 e. The quantitative estimate of drug-likeness (QED) is 0.501. The van der Waals surface area contributed by atoms with E-state index in [0.717, 1.165) is 5.56 Å². The molecule has 2 rings (SSSR count). The highest BCUT2D eigenvalue weighted by atomic mass is 32.1. The van der Waals surface area contributed by atoms with Crippen LogP contribution >= 0.6 is 11.3 Å². The predicted octanol–water partition coefficient (Wildman–Crippen LogP) is 2.21. The van der Waals surface area contributed by atoms with Crippen molar-refractivity contribution in [3.63, 3.8) is 0 Å². The van der Waals surface area contributed by atoms with Crippen LogP contribution in [0.4, 0.5) is 4.39 Å². The molecule has 1 aromatic carbocycles. The molecule has 0 saturated carbocycles. The van der Waals surface area contributed by atoms with E-state index in [1.165, 1.54) is 17.4 Å². The first-order valence-corrected chi connectivity index (χ1v) is 6.49. The van der Waals surface area contributed by atoms with E-state index in [9.17, 15) is 9.18 Å². The topological polar surface area (TPSA) is 64.3 Å². The molecule has 0 aliphatic rings. The molecule has 2 aromatic rings. The van der Waals surface area contributed by atoms with Crippen LogP contribution in [0.3, 0.4) is 0 Å². The molecule has 19 heavy (non-hydrogen) atoms. The van der Waals surface area contributed by atoms with Gasteiger partial charge in [0, 0.05) is 11.1 Å². The molecule has 1 heterocycles. The summed E-state index contributed by atoms with van der Waals surface area (Å²) in [7, 11) is 0. The van der Waals surface area contributed by atoms with Gasteiger partial charge in [0.25, 0.3) is 5.91 Å². The van der Waals surface area contributed by atoms with Gasteiger partial charge in [0.1, 0.15) is 5.82 Å². The number of amides is 1. The molecule has 4 nitrogen and oxygen atoms in total. The normalized spacial score (nSPS) is 10.4. The zero-order chi connectivity index (χ0) is 13.7. The average molecular weight is 280 g/mol.